The maximum absolute atomic E-state index is 14.0. The summed E-state index contributed by atoms with van der Waals surface area (Å²) >= 11 is 3.41. The molecule has 0 atom stereocenters. The SMILES string of the molecule is O=C(O)c1cccc2c1ccn2Cc1cc(Br)ccc1OCc1ccc(F)c(F)c1F. The van der Waals surface area contributed by atoms with Crippen molar-refractivity contribution in [3.8, 4) is 5.75 Å². The molecule has 0 aliphatic heterocycles. The molecule has 4 nitrogen and oxygen atoms in total. The molecule has 0 saturated heterocycles. The number of hydrogen-bond acceptors (Lipinski definition) is 2. The number of aromatic nitrogens is 1. The van der Waals surface area contributed by atoms with E-state index in [0.717, 1.165) is 27.7 Å². The van der Waals surface area contributed by atoms with Crippen molar-refractivity contribution in [3.05, 3.63) is 99.4 Å². The van der Waals surface area contributed by atoms with Gasteiger partial charge < -0.3 is 14.4 Å². The van der Waals surface area contributed by atoms with Gasteiger partial charge in [0.15, 0.2) is 17.5 Å². The zero-order valence-electron chi connectivity index (χ0n) is 15.9. The number of fused-ring (bicyclic) bond motifs is 1. The highest BCUT2D eigenvalue weighted by atomic mass is 79.9. The van der Waals surface area contributed by atoms with Gasteiger partial charge in [0.05, 0.1) is 12.1 Å². The molecule has 0 radical (unpaired) electrons. The quantitative estimate of drug-likeness (QED) is 0.330. The average Bonchev–Trinajstić information content (AvgIpc) is 3.15. The first-order chi connectivity index (χ1) is 14.8. The smallest absolute Gasteiger partial charge is 0.336 e. The van der Waals surface area contributed by atoms with Crippen LogP contribution < -0.4 is 4.74 Å². The molecule has 0 bridgehead atoms. The normalized spacial score (nSPS) is 11.1. The number of carbonyl (C=O) groups is 1. The van der Waals surface area contributed by atoms with E-state index < -0.39 is 23.4 Å². The third-order valence-electron chi connectivity index (χ3n) is 4.91. The van der Waals surface area contributed by atoms with Crippen molar-refractivity contribution in [1.82, 2.24) is 4.57 Å². The minimum Gasteiger partial charge on any atom is -0.488 e. The molecular weight excluding hydrogens is 475 g/mol. The topological polar surface area (TPSA) is 51.5 Å². The monoisotopic (exact) mass is 489 g/mol. The summed E-state index contributed by atoms with van der Waals surface area (Å²) in [5.41, 5.74) is 1.56. The number of hydrogen-bond donors (Lipinski definition) is 1. The second kappa shape index (κ2) is 8.47. The van der Waals surface area contributed by atoms with Crippen LogP contribution >= 0.6 is 15.9 Å². The fourth-order valence-corrected chi connectivity index (χ4v) is 3.79. The molecular formula is C23H15BrF3NO3. The summed E-state index contributed by atoms with van der Waals surface area (Å²) in [4.78, 5) is 11.5. The Morgan fingerprint density at radius 2 is 1.81 bits per heavy atom. The van der Waals surface area contributed by atoms with Gasteiger partial charge in [0, 0.05) is 32.7 Å². The number of nitrogens with zero attached hydrogens (tertiary/aromatic N) is 1. The molecule has 4 rings (SSSR count). The van der Waals surface area contributed by atoms with Gasteiger partial charge in [0.25, 0.3) is 0 Å². The van der Waals surface area contributed by atoms with Crippen LogP contribution in [0.4, 0.5) is 13.2 Å². The summed E-state index contributed by atoms with van der Waals surface area (Å²) in [7, 11) is 0. The summed E-state index contributed by atoms with van der Waals surface area (Å²) < 4.78 is 49.0. The molecule has 1 N–H and O–H groups in total. The Labute approximate surface area is 183 Å². The van der Waals surface area contributed by atoms with Gasteiger partial charge in [-0.25, -0.2) is 18.0 Å². The van der Waals surface area contributed by atoms with Gasteiger partial charge in [-0.2, -0.15) is 0 Å². The Morgan fingerprint density at radius 1 is 1.00 bits per heavy atom. The number of aromatic carboxylic acids is 1. The van der Waals surface area contributed by atoms with Gasteiger partial charge in [-0.3, -0.25) is 0 Å². The Bertz CT molecular complexity index is 1300. The van der Waals surface area contributed by atoms with Crippen molar-refractivity contribution < 1.29 is 27.8 Å². The number of carboxylic acids is 1. The molecule has 0 spiro atoms. The summed E-state index contributed by atoms with van der Waals surface area (Å²) in [5.74, 6) is -4.65. The molecule has 1 heterocycles. The Morgan fingerprint density at radius 3 is 2.58 bits per heavy atom. The van der Waals surface area contributed by atoms with E-state index in [1.807, 2.05) is 16.7 Å². The van der Waals surface area contributed by atoms with Crippen LogP contribution in [0.2, 0.25) is 0 Å². The summed E-state index contributed by atoms with van der Waals surface area (Å²) in [6.45, 7) is 0.0643. The lowest BCUT2D eigenvalue weighted by atomic mass is 10.1. The summed E-state index contributed by atoms with van der Waals surface area (Å²) in [6.07, 6.45) is 1.77. The number of rotatable bonds is 6. The van der Waals surface area contributed by atoms with Crippen LogP contribution in [-0.4, -0.2) is 15.6 Å². The molecule has 4 aromatic rings. The zero-order valence-corrected chi connectivity index (χ0v) is 17.5. The van der Waals surface area contributed by atoms with Crippen molar-refractivity contribution in [3.63, 3.8) is 0 Å². The van der Waals surface area contributed by atoms with Crippen molar-refractivity contribution in [1.29, 1.82) is 0 Å². The van der Waals surface area contributed by atoms with E-state index in [1.165, 1.54) is 0 Å². The maximum atomic E-state index is 14.0. The Kier molecular flexibility index (Phi) is 5.73. The van der Waals surface area contributed by atoms with Gasteiger partial charge in [0.2, 0.25) is 0 Å². The number of halogens is 4. The van der Waals surface area contributed by atoms with Crippen LogP contribution in [0.5, 0.6) is 5.75 Å². The zero-order chi connectivity index (χ0) is 22.1. The molecule has 0 fully saturated rings. The van der Waals surface area contributed by atoms with Gasteiger partial charge in [-0.1, -0.05) is 22.0 Å². The van der Waals surface area contributed by atoms with Crippen LogP contribution in [0.1, 0.15) is 21.5 Å². The van der Waals surface area contributed by atoms with E-state index in [1.54, 1.807) is 36.5 Å². The van der Waals surface area contributed by atoms with Crippen molar-refractivity contribution >= 4 is 32.8 Å². The van der Waals surface area contributed by atoms with Crippen LogP contribution in [0.15, 0.2) is 65.3 Å². The highest BCUT2D eigenvalue weighted by Gasteiger charge is 2.16. The average molecular weight is 490 g/mol. The van der Waals surface area contributed by atoms with Gasteiger partial charge in [-0.05, 0) is 48.5 Å². The highest BCUT2D eigenvalue weighted by Crippen LogP contribution is 2.28. The van der Waals surface area contributed by atoms with E-state index in [0.29, 0.717) is 17.7 Å². The molecule has 0 aliphatic carbocycles. The van der Waals surface area contributed by atoms with E-state index in [2.05, 4.69) is 15.9 Å². The van der Waals surface area contributed by atoms with Gasteiger partial charge in [-0.15, -0.1) is 0 Å². The molecule has 0 aliphatic rings. The lowest BCUT2D eigenvalue weighted by molar-refractivity contribution is 0.0699. The first kappa shape index (κ1) is 21.0. The first-order valence-electron chi connectivity index (χ1n) is 9.20. The predicted octanol–water partition coefficient (Wildman–Crippen LogP) is 6.15. The number of benzene rings is 3. The third kappa shape index (κ3) is 4.16. The first-order valence-corrected chi connectivity index (χ1v) is 9.99. The van der Waals surface area contributed by atoms with Crippen LogP contribution in [0.3, 0.4) is 0 Å². The van der Waals surface area contributed by atoms with Crippen molar-refractivity contribution in [2.24, 2.45) is 0 Å². The Hall–Kier alpha value is -3.26. The summed E-state index contributed by atoms with van der Waals surface area (Å²) in [6, 6.07) is 14.0. The Balaban J connectivity index is 1.64. The minimum atomic E-state index is -1.54. The predicted molar refractivity (Wildman–Crippen MR) is 113 cm³/mol. The van der Waals surface area contributed by atoms with E-state index in [9.17, 15) is 23.1 Å². The maximum Gasteiger partial charge on any atom is 0.336 e. The highest BCUT2D eigenvalue weighted by molar-refractivity contribution is 9.10. The van der Waals surface area contributed by atoms with E-state index >= 15 is 0 Å². The molecule has 3 aromatic carbocycles. The van der Waals surface area contributed by atoms with Gasteiger partial charge >= 0.3 is 5.97 Å². The molecule has 31 heavy (non-hydrogen) atoms. The van der Waals surface area contributed by atoms with E-state index in [-0.39, 0.29) is 17.7 Å². The summed E-state index contributed by atoms with van der Waals surface area (Å²) in [5, 5.41) is 9.99. The lowest BCUT2D eigenvalue weighted by Gasteiger charge is -2.14. The second-order valence-corrected chi connectivity index (χ2v) is 7.78. The molecule has 1 aromatic heterocycles. The van der Waals surface area contributed by atoms with Crippen LogP contribution in [0, 0.1) is 17.5 Å². The largest absolute Gasteiger partial charge is 0.488 e. The van der Waals surface area contributed by atoms with Crippen LogP contribution in [0.25, 0.3) is 10.9 Å². The fraction of sp³-hybridized carbons (Fsp3) is 0.0870. The molecule has 0 amide bonds. The minimum absolute atomic E-state index is 0.106. The molecule has 0 unspecified atom stereocenters. The van der Waals surface area contributed by atoms with Crippen LogP contribution in [-0.2, 0) is 13.2 Å². The lowest BCUT2D eigenvalue weighted by Crippen LogP contribution is -2.06. The van der Waals surface area contributed by atoms with Crippen molar-refractivity contribution in [2.75, 3.05) is 0 Å². The van der Waals surface area contributed by atoms with Crippen molar-refractivity contribution in [2.45, 2.75) is 13.2 Å². The standard InChI is InChI=1S/C23H15BrF3NO3/c24-15-5-7-20(31-12-13-4-6-18(25)22(27)21(13)26)14(10-15)11-28-9-8-16-17(23(29)30)2-1-3-19(16)28/h1-10H,11-12H2,(H,29,30). The number of ether oxygens (including phenoxy) is 1. The van der Waals surface area contributed by atoms with Gasteiger partial charge in [0.1, 0.15) is 12.4 Å². The molecule has 0 saturated carbocycles. The fourth-order valence-electron chi connectivity index (χ4n) is 3.38. The third-order valence-corrected chi connectivity index (χ3v) is 5.40. The van der Waals surface area contributed by atoms with E-state index in [4.69, 9.17) is 4.74 Å². The molecule has 8 heteroatoms. The number of carboxylic acid groups (broad SMARTS) is 1. The second-order valence-electron chi connectivity index (χ2n) is 6.86. The molecule has 158 valence electrons.